The molecule has 0 spiro atoms. The molecule has 26 heavy (non-hydrogen) atoms. The zero-order valence-corrected chi connectivity index (χ0v) is 15.6. The van der Waals surface area contributed by atoms with Gasteiger partial charge in [0.15, 0.2) is 5.76 Å². The number of aromatic nitrogens is 5. The van der Waals surface area contributed by atoms with Crippen molar-refractivity contribution in [3.8, 4) is 11.3 Å². The first-order valence-electron chi connectivity index (χ1n) is 8.82. The number of ether oxygens (including phenoxy) is 1. The van der Waals surface area contributed by atoms with E-state index in [2.05, 4.69) is 20.7 Å². The lowest BCUT2D eigenvalue weighted by Gasteiger charge is -2.18. The third-order valence-electron chi connectivity index (χ3n) is 5.06. The first-order valence-corrected chi connectivity index (χ1v) is 8.82. The topological polar surface area (TPSA) is 82.9 Å². The molecule has 4 rings (SSSR count). The molecule has 8 heteroatoms. The maximum atomic E-state index is 5.95. The molecule has 0 bridgehead atoms. The Morgan fingerprint density at radius 1 is 1.31 bits per heavy atom. The second-order valence-electron chi connectivity index (χ2n) is 6.86. The Bertz CT molecular complexity index is 909. The van der Waals surface area contributed by atoms with Crippen LogP contribution in [-0.2, 0) is 25.4 Å². The van der Waals surface area contributed by atoms with Gasteiger partial charge in [0, 0.05) is 55.8 Å². The van der Waals surface area contributed by atoms with Gasteiger partial charge in [0.05, 0.1) is 18.4 Å². The first kappa shape index (κ1) is 17.0. The molecule has 3 aromatic heterocycles. The highest BCUT2D eigenvalue weighted by molar-refractivity contribution is 5.60. The minimum atomic E-state index is 0.0201. The maximum Gasteiger partial charge on any atom is 0.151 e. The van der Waals surface area contributed by atoms with Gasteiger partial charge < -0.3 is 14.6 Å². The average molecular weight is 356 g/mol. The molecule has 138 valence electrons. The molecule has 1 aliphatic rings. The quantitative estimate of drug-likeness (QED) is 0.753. The van der Waals surface area contributed by atoms with Gasteiger partial charge in [-0.25, -0.2) is 0 Å². The Balaban J connectivity index is 1.44. The van der Waals surface area contributed by atoms with E-state index >= 15 is 0 Å². The van der Waals surface area contributed by atoms with Gasteiger partial charge >= 0.3 is 0 Å². The van der Waals surface area contributed by atoms with Crippen molar-refractivity contribution in [2.45, 2.75) is 39.0 Å². The lowest BCUT2D eigenvalue weighted by atomic mass is 10.0. The Morgan fingerprint density at radius 2 is 2.15 bits per heavy atom. The molecule has 4 heterocycles. The van der Waals surface area contributed by atoms with Gasteiger partial charge in [-0.15, -0.1) is 0 Å². The summed E-state index contributed by atoms with van der Waals surface area (Å²) in [5, 5.41) is 16.4. The number of rotatable bonds is 5. The van der Waals surface area contributed by atoms with E-state index in [1.54, 1.807) is 0 Å². The van der Waals surface area contributed by atoms with Crippen molar-refractivity contribution in [1.82, 2.24) is 30.0 Å². The Kier molecular flexibility index (Phi) is 4.37. The van der Waals surface area contributed by atoms with Crippen LogP contribution in [0.2, 0.25) is 0 Å². The molecule has 0 aliphatic carbocycles. The summed E-state index contributed by atoms with van der Waals surface area (Å²) < 4.78 is 15.1. The summed E-state index contributed by atoms with van der Waals surface area (Å²) in [5.41, 5.74) is 5.03. The predicted molar refractivity (Wildman–Crippen MR) is 95.3 cm³/mol. The lowest BCUT2D eigenvalue weighted by molar-refractivity contribution is 0.0974. The molecule has 1 N–H and O–H groups in total. The Labute approximate surface area is 152 Å². The van der Waals surface area contributed by atoms with E-state index in [1.165, 1.54) is 0 Å². The van der Waals surface area contributed by atoms with Gasteiger partial charge in [0.25, 0.3) is 0 Å². The lowest BCUT2D eigenvalue weighted by Crippen LogP contribution is -2.31. The van der Waals surface area contributed by atoms with Crippen LogP contribution in [0.25, 0.3) is 11.3 Å². The fraction of sp³-hybridized carbons (Fsp3) is 0.500. The number of nitrogens with one attached hydrogen (secondary N) is 1. The Hall–Kier alpha value is -2.45. The second kappa shape index (κ2) is 6.69. The number of hydrogen-bond donors (Lipinski definition) is 1. The van der Waals surface area contributed by atoms with Crippen molar-refractivity contribution in [2.24, 2.45) is 14.1 Å². The molecular weight excluding hydrogens is 332 g/mol. The molecular formula is C18H24N6O2. The number of nitrogens with zero attached hydrogens (tertiary/aromatic N) is 5. The van der Waals surface area contributed by atoms with Crippen molar-refractivity contribution in [2.75, 3.05) is 6.61 Å². The minimum absolute atomic E-state index is 0.0201. The third kappa shape index (κ3) is 3.06. The molecule has 1 aliphatic heterocycles. The van der Waals surface area contributed by atoms with Crippen molar-refractivity contribution >= 4 is 0 Å². The van der Waals surface area contributed by atoms with Crippen molar-refractivity contribution < 1.29 is 9.26 Å². The van der Waals surface area contributed by atoms with E-state index in [0.29, 0.717) is 6.54 Å². The molecule has 8 nitrogen and oxygen atoms in total. The summed E-state index contributed by atoms with van der Waals surface area (Å²) in [4.78, 5) is 0. The molecule has 0 amide bonds. The maximum absolute atomic E-state index is 5.95. The molecule has 1 saturated heterocycles. The van der Waals surface area contributed by atoms with Crippen LogP contribution in [0.4, 0.5) is 0 Å². The monoisotopic (exact) mass is 356 g/mol. The van der Waals surface area contributed by atoms with Gasteiger partial charge in [-0.3, -0.25) is 9.36 Å². The molecule has 3 aromatic rings. The number of hydrogen-bond acceptors (Lipinski definition) is 6. The van der Waals surface area contributed by atoms with Gasteiger partial charge in [-0.05, 0) is 20.3 Å². The summed E-state index contributed by atoms with van der Waals surface area (Å²) >= 11 is 0. The second-order valence-corrected chi connectivity index (χ2v) is 6.86. The van der Waals surface area contributed by atoms with E-state index in [9.17, 15) is 0 Å². The number of aryl methyl sites for hydroxylation is 3. The fourth-order valence-corrected chi connectivity index (χ4v) is 3.51. The van der Waals surface area contributed by atoms with E-state index in [1.807, 2.05) is 55.8 Å². The highest BCUT2D eigenvalue weighted by atomic mass is 16.5. The van der Waals surface area contributed by atoms with Gasteiger partial charge in [0.2, 0.25) is 0 Å². The van der Waals surface area contributed by atoms with E-state index in [0.717, 1.165) is 47.0 Å². The summed E-state index contributed by atoms with van der Waals surface area (Å²) in [5.74, 6) is 0.803. The molecule has 2 atom stereocenters. The molecule has 0 radical (unpaired) electrons. The van der Waals surface area contributed by atoms with Crippen molar-refractivity contribution in [3.05, 3.63) is 41.2 Å². The standard InChI is InChI=1S/C18H24N6O2/c1-11-15(10-23(3)21-11)18-16(5-6-25-18)19-8-13-7-17(22-26-13)14-9-20-24(4)12(14)2/h7,9-10,16,18-19H,5-6,8H2,1-4H3/t16-,18+/m0/s1. The summed E-state index contributed by atoms with van der Waals surface area (Å²) in [6.07, 6.45) is 4.84. The molecule has 0 saturated carbocycles. The summed E-state index contributed by atoms with van der Waals surface area (Å²) in [7, 11) is 3.85. The predicted octanol–water partition coefficient (Wildman–Crippen LogP) is 2.05. The van der Waals surface area contributed by atoms with Crippen molar-refractivity contribution in [3.63, 3.8) is 0 Å². The van der Waals surface area contributed by atoms with Gasteiger partial charge in [0.1, 0.15) is 11.8 Å². The highest BCUT2D eigenvalue weighted by Gasteiger charge is 2.31. The van der Waals surface area contributed by atoms with Crippen LogP contribution in [0.3, 0.4) is 0 Å². The van der Waals surface area contributed by atoms with Gasteiger partial charge in [-0.1, -0.05) is 5.16 Å². The zero-order chi connectivity index (χ0) is 18.3. The van der Waals surface area contributed by atoms with Gasteiger partial charge in [-0.2, -0.15) is 10.2 Å². The minimum Gasteiger partial charge on any atom is -0.372 e. The highest BCUT2D eigenvalue weighted by Crippen LogP contribution is 2.31. The SMILES string of the molecule is Cc1nn(C)cc1[C@H]1OCC[C@@H]1NCc1cc(-c2cnn(C)c2C)no1. The first-order chi connectivity index (χ1) is 12.5. The summed E-state index contributed by atoms with van der Waals surface area (Å²) in [6.45, 7) is 5.39. The largest absolute Gasteiger partial charge is 0.372 e. The van der Waals surface area contributed by atoms with Crippen molar-refractivity contribution in [1.29, 1.82) is 0 Å². The normalized spacial score (nSPS) is 20.2. The van der Waals surface area contributed by atoms with E-state index < -0.39 is 0 Å². The van der Waals surface area contributed by atoms with E-state index in [4.69, 9.17) is 9.26 Å². The van der Waals surface area contributed by atoms with E-state index in [-0.39, 0.29) is 12.1 Å². The fourth-order valence-electron chi connectivity index (χ4n) is 3.51. The van der Waals surface area contributed by atoms with Crippen LogP contribution in [0, 0.1) is 13.8 Å². The molecule has 0 aromatic carbocycles. The zero-order valence-electron chi connectivity index (χ0n) is 15.6. The van der Waals surface area contributed by atoms with Crippen LogP contribution in [-0.4, -0.2) is 37.4 Å². The van der Waals surface area contributed by atoms with Crippen LogP contribution in [0.15, 0.2) is 23.0 Å². The molecule has 1 fully saturated rings. The smallest absolute Gasteiger partial charge is 0.151 e. The molecule has 0 unspecified atom stereocenters. The Morgan fingerprint density at radius 3 is 2.85 bits per heavy atom. The third-order valence-corrected chi connectivity index (χ3v) is 5.06. The average Bonchev–Trinajstić information content (AvgIpc) is 3.36. The summed E-state index contributed by atoms with van der Waals surface area (Å²) in [6, 6.07) is 2.20. The van der Waals surface area contributed by atoms with Crippen LogP contribution >= 0.6 is 0 Å². The van der Waals surface area contributed by atoms with Crippen LogP contribution in [0.5, 0.6) is 0 Å². The van der Waals surface area contributed by atoms with Crippen LogP contribution < -0.4 is 5.32 Å². The van der Waals surface area contributed by atoms with Crippen LogP contribution in [0.1, 0.15) is 35.2 Å².